The SMILES string of the molecule is O=C(CN(CCc1ccccc1)S(=O)(=O)c1ccccc1)N/N=C\c1cc2c(cc1Br)OCO2. The molecule has 0 atom stereocenters. The van der Waals surface area contributed by atoms with E-state index in [2.05, 4.69) is 26.5 Å². The molecule has 1 N–H and O–H groups in total. The number of carbonyl (C=O) groups excluding carboxylic acids is 1. The number of rotatable bonds is 9. The van der Waals surface area contributed by atoms with E-state index in [-0.39, 0.29) is 24.8 Å². The molecule has 0 bridgehead atoms. The van der Waals surface area contributed by atoms with Gasteiger partial charge in [-0.25, -0.2) is 13.8 Å². The number of halogens is 1. The van der Waals surface area contributed by atoms with Crippen LogP contribution in [0.1, 0.15) is 11.1 Å². The zero-order valence-electron chi connectivity index (χ0n) is 18.1. The highest BCUT2D eigenvalue weighted by Gasteiger charge is 2.26. The third-order valence-corrected chi connectivity index (χ3v) is 7.62. The minimum absolute atomic E-state index is 0.128. The maximum absolute atomic E-state index is 13.2. The van der Waals surface area contributed by atoms with E-state index in [1.54, 1.807) is 30.3 Å². The van der Waals surface area contributed by atoms with Crippen molar-refractivity contribution >= 4 is 38.1 Å². The number of benzene rings is 3. The van der Waals surface area contributed by atoms with Gasteiger partial charge < -0.3 is 9.47 Å². The van der Waals surface area contributed by atoms with Gasteiger partial charge in [0.15, 0.2) is 11.5 Å². The van der Waals surface area contributed by atoms with Gasteiger partial charge in [0.25, 0.3) is 5.91 Å². The lowest BCUT2D eigenvalue weighted by molar-refractivity contribution is -0.121. The van der Waals surface area contributed by atoms with Crippen molar-refractivity contribution in [2.24, 2.45) is 5.10 Å². The van der Waals surface area contributed by atoms with Crippen molar-refractivity contribution in [2.75, 3.05) is 19.9 Å². The molecule has 34 heavy (non-hydrogen) atoms. The van der Waals surface area contributed by atoms with E-state index < -0.39 is 15.9 Å². The molecule has 8 nitrogen and oxygen atoms in total. The van der Waals surface area contributed by atoms with Crippen molar-refractivity contribution in [2.45, 2.75) is 11.3 Å². The number of sulfonamides is 1. The fourth-order valence-electron chi connectivity index (χ4n) is 3.33. The quantitative estimate of drug-likeness (QED) is 0.328. The van der Waals surface area contributed by atoms with Gasteiger partial charge in [-0.05, 0) is 52.2 Å². The number of hydrazone groups is 1. The first kappa shape index (κ1) is 23.9. The Hall–Kier alpha value is -3.21. The third kappa shape index (κ3) is 5.82. The van der Waals surface area contributed by atoms with Gasteiger partial charge in [-0.2, -0.15) is 9.41 Å². The predicted molar refractivity (Wildman–Crippen MR) is 131 cm³/mol. The number of hydrogen-bond acceptors (Lipinski definition) is 6. The molecule has 1 aliphatic rings. The maximum Gasteiger partial charge on any atom is 0.255 e. The molecule has 0 fully saturated rings. The lowest BCUT2D eigenvalue weighted by Gasteiger charge is -2.21. The van der Waals surface area contributed by atoms with E-state index >= 15 is 0 Å². The predicted octanol–water partition coefficient (Wildman–Crippen LogP) is 3.56. The molecule has 1 aliphatic heterocycles. The normalized spacial score (nSPS) is 12.9. The Bertz CT molecular complexity index is 1280. The molecule has 176 valence electrons. The van der Waals surface area contributed by atoms with Crippen molar-refractivity contribution in [3.63, 3.8) is 0 Å². The standard InChI is InChI=1S/C24H22BrN3O5S/c25-21-14-23-22(32-17-33-23)13-19(21)15-26-27-24(29)16-28(12-11-18-7-3-1-4-8-18)34(30,31)20-9-5-2-6-10-20/h1-10,13-15H,11-12,16-17H2,(H,27,29)/b26-15-. The van der Waals surface area contributed by atoms with Crippen molar-refractivity contribution in [3.8, 4) is 11.5 Å². The van der Waals surface area contributed by atoms with Gasteiger partial charge in [0.2, 0.25) is 16.8 Å². The largest absolute Gasteiger partial charge is 0.454 e. The van der Waals surface area contributed by atoms with Gasteiger partial charge in [0, 0.05) is 16.6 Å². The summed E-state index contributed by atoms with van der Waals surface area (Å²) >= 11 is 3.43. The smallest absolute Gasteiger partial charge is 0.255 e. The highest BCUT2D eigenvalue weighted by molar-refractivity contribution is 9.10. The fourth-order valence-corrected chi connectivity index (χ4v) is 5.17. The summed E-state index contributed by atoms with van der Waals surface area (Å²) in [5.41, 5.74) is 4.05. The molecule has 3 aromatic rings. The Morgan fingerprint density at radius 1 is 1.03 bits per heavy atom. The Kier molecular flexibility index (Phi) is 7.61. The van der Waals surface area contributed by atoms with Crippen LogP contribution < -0.4 is 14.9 Å². The van der Waals surface area contributed by atoms with Gasteiger partial charge in [-0.3, -0.25) is 4.79 Å². The van der Waals surface area contributed by atoms with E-state index in [0.717, 1.165) is 9.87 Å². The molecule has 1 amide bonds. The summed E-state index contributed by atoms with van der Waals surface area (Å²) in [6, 6.07) is 21.1. The summed E-state index contributed by atoms with van der Waals surface area (Å²) in [6.45, 7) is -0.0798. The second-order valence-electron chi connectivity index (χ2n) is 7.41. The molecule has 0 spiro atoms. The maximum atomic E-state index is 13.2. The number of nitrogens with zero attached hydrogens (tertiary/aromatic N) is 2. The summed E-state index contributed by atoms with van der Waals surface area (Å²) in [4.78, 5) is 12.7. The van der Waals surface area contributed by atoms with Gasteiger partial charge in [-0.1, -0.05) is 48.5 Å². The van der Waals surface area contributed by atoms with Gasteiger partial charge in [0.05, 0.1) is 17.7 Å². The van der Waals surface area contributed by atoms with Crippen LogP contribution in [-0.4, -0.2) is 44.7 Å². The van der Waals surface area contributed by atoms with Crippen molar-refractivity contribution < 1.29 is 22.7 Å². The minimum Gasteiger partial charge on any atom is -0.454 e. The van der Waals surface area contributed by atoms with Crippen LogP contribution in [0, 0.1) is 0 Å². The lowest BCUT2D eigenvalue weighted by atomic mass is 10.1. The molecule has 0 aromatic heterocycles. The number of hydrogen-bond donors (Lipinski definition) is 1. The first-order valence-corrected chi connectivity index (χ1v) is 12.7. The van der Waals surface area contributed by atoms with Crippen LogP contribution in [0.25, 0.3) is 0 Å². The lowest BCUT2D eigenvalue weighted by Crippen LogP contribution is -2.40. The number of fused-ring (bicyclic) bond motifs is 1. The Morgan fingerprint density at radius 2 is 1.68 bits per heavy atom. The topological polar surface area (TPSA) is 97.3 Å². The summed E-state index contributed by atoms with van der Waals surface area (Å²) in [5.74, 6) is 0.644. The Balaban J connectivity index is 1.46. The Morgan fingerprint density at radius 3 is 2.38 bits per heavy atom. The highest BCUT2D eigenvalue weighted by atomic mass is 79.9. The number of carbonyl (C=O) groups is 1. The van der Waals surface area contributed by atoms with E-state index in [0.29, 0.717) is 28.0 Å². The Labute approximate surface area is 206 Å². The van der Waals surface area contributed by atoms with Crippen LogP contribution in [0.3, 0.4) is 0 Å². The molecule has 0 radical (unpaired) electrons. The van der Waals surface area contributed by atoms with E-state index in [1.165, 1.54) is 18.3 Å². The van der Waals surface area contributed by atoms with Gasteiger partial charge in [-0.15, -0.1) is 0 Å². The molecule has 0 saturated carbocycles. The average molecular weight is 544 g/mol. The van der Waals surface area contributed by atoms with Crippen molar-refractivity contribution in [3.05, 3.63) is 88.4 Å². The second-order valence-corrected chi connectivity index (χ2v) is 10.2. The number of ether oxygens (including phenoxy) is 2. The zero-order valence-corrected chi connectivity index (χ0v) is 20.5. The summed E-state index contributed by atoms with van der Waals surface area (Å²) in [6.07, 6.45) is 1.91. The van der Waals surface area contributed by atoms with E-state index in [9.17, 15) is 13.2 Å². The summed E-state index contributed by atoms with van der Waals surface area (Å²) in [7, 11) is -3.87. The molecule has 3 aromatic carbocycles. The highest BCUT2D eigenvalue weighted by Crippen LogP contribution is 2.36. The van der Waals surface area contributed by atoms with Crippen LogP contribution in [0.4, 0.5) is 0 Å². The molecule has 4 rings (SSSR count). The van der Waals surface area contributed by atoms with Gasteiger partial charge in [0.1, 0.15) is 0 Å². The molecule has 0 unspecified atom stereocenters. The molecule has 1 heterocycles. The van der Waals surface area contributed by atoms with Crippen LogP contribution in [0.5, 0.6) is 11.5 Å². The zero-order chi connectivity index (χ0) is 24.0. The average Bonchev–Trinajstić information content (AvgIpc) is 3.30. The van der Waals surface area contributed by atoms with Crippen molar-refractivity contribution in [1.82, 2.24) is 9.73 Å². The number of amides is 1. The number of nitrogens with one attached hydrogen (secondary N) is 1. The van der Waals surface area contributed by atoms with Crippen LogP contribution in [0.2, 0.25) is 0 Å². The van der Waals surface area contributed by atoms with Crippen LogP contribution in [-0.2, 0) is 21.2 Å². The van der Waals surface area contributed by atoms with Crippen LogP contribution in [0.15, 0.2) is 87.3 Å². The molecular formula is C24H22BrN3O5S. The monoisotopic (exact) mass is 543 g/mol. The van der Waals surface area contributed by atoms with E-state index in [4.69, 9.17) is 9.47 Å². The first-order valence-electron chi connectivity index (χ1n) is 10.4. The van der Waals surface area contributed by atoms with E-state index in [1.807, 2.05) is 30.3 Å². The van der Waals surface area contributed by atoms with Crippen LogP contribution >= 0.6 is 15.9 Å². The second kappa shape index (κ2) is 10.8. The minimum atomic E-state index is -3.87. The summed E-state index contributed by atoms with van der Waals surface area (Å²) in [5, 5.41) is 3.98. The molecule has 10 heteroatoms. The molecular weight excluding hydrogens is 522 g/mol. The van der Waals surface area contributed by atoms with Gasteiger partial charge >= 0.3 is 0 Å². The summed E-state index contributed by atoms with van der Waals surface area (Å²) < 4.78 is 39.0. The van der Waals surface area contributed by atoms with Crippen molar-refractivity contribution in [1.29, 1.82) is 0 Å². The fraction of sp³-hybridized carbons (Fsp3) is 0.167. The molecule has 0 aliphatic carbocycles. The third-order valence-electron chi connectivity index (χ3n) is 5.08. The molecule has 0 saturated heterocycles. The first-order chi connectivity index (χ1) is 16.4.